The molecule has 0 aliphatic rings. The fraction of sp³-hybridized carbons (Fsp3) is 0.222. The van der Waals surface area contributed by atoms with Crippen LogP contribution in [0.2, 0.25) is 0 Å². The van der Waals surface area contributed by atoms with Gasteiger partial charge in [-0.25, -0.2) is 17.5 Å². The molecule has 2 amide bonds. The Kier molecular flexibility index (Phi) is 7.03. The summed E-state index contributed by atoms with van der Waals surface area (Å²) in [5.41, 5.74) is 5.96. The Morgan fingerprint density at radius 3 is 2.19 bits per heavy atom. The van der Waals surface area contributed by atoms with Gasteiger partial charge in [-0.15, -0.1) is 0 Å². The van der Waals surface area contributed by atoms with Crippen LogP contribution in [-0.2, 0) is 21.2 Å². The lowest BCUT2D eigenvalue weighted by atomic mass is 10.1. The molecule has 0 heterocycles. The van der Waals surface area contributed by atoms with Crippen LogP contribution in [0.3, 0.4) is 0 Å². The predicted molar refractivity (Wildman–Crippen MR) is 97.6 cm³/mol. The van der Waals surface area contributed by atoms with E-state index in [2.05, 4.69) is 15.6 Å². The van der Waals surface area contributed by atoms with Gasteiger partial charge in [-0.3, -0.25) is 20.4 Å². The van der Waals surface area contributed by atoms with E-state index in [4.69, 9.17) is 0 Å². The predicted octanol–water partition coefficient (Wildman–Crippen LogP) is 1.52. The van der Waals surface area contributed by atoms with E-state index in [1.165, 1.54) is 0 Å². The van der Waals surface area contributed by atoms with Crippen LogP contribution >= 0.6 is 0 Å². The number of hydrogen-bond acceptors (Lipinski definition) is 4. The monoisotopic (exact) mass is 393 g/mol. The van der Waals surface area contributed by atoms with Gasteiger partial charge in [-0.05, 0) is 48.4 Å². The highest BCUT2D eigenvalue weighted by molar-refractivity contribution is 7.89. The Morgan fingerprint density at radius 2 is 1.59 bits per heavy atom. The molecule has 27 heavy (non-hydrogen) atoms. The zero-order valence-electron chi connectivity index (χ0n) is 14.7. The van der Waals surface area contributed by atoms with E-state index >= 15 is 0 Å². The van der Waals surface area contributed by atoms with Crippen LogP contribution in [0.25, 0.3) is 0 Å². The van der Waals surface area contributed by atoms with Gasteiger partial charge in [0.25, 0.3) is 5.91 Å². The van der Waals surface area contributed by atoms with Crippen LogP contribution in [0, 0.1) is 5.82 Å². The number of benzene rings is 2. The molecule has 7 nitrogen and oxygen atoms in total. The summed E-state index contributed by atoms with van der Waals surface area (Å²) in [6, 6.07) is 11.3. The number of halogens is 1. The van der Waals surface area contributed by atoms with Crippen molar-refractivity contribution in [2.45, 2.75) is 24.7 Å². The normalized spacial score (nSPS) is 11.0. The van der Waals surface area contributed by atoms with Gasteiger partial charge in [0, 0.05) is 18.5 Å². The summed E-state index contributed by atoms with van der Waals surface area (Å²) in [5.74, 6) is -1.58. The molecule has 2 aromatic rings. The molecule has 9 heteroatoms. The fourth-order valence-corrected chi connectivity index (χ4v) is 3.18. The molecule has 3 N–H and O–H groups in total. The van der Waals surface area contributed by atoms with Gasteiger partial charge < -0.3 is 0 Å². The maximum Gasteiger partial charge on any atom is 0.269 e. The minimum atomic E-state index is -3.84. The average molecular weight is 393 g/mol. The molecular weight excluding hydrogens is 373 g/mol. The van der Waals surface area contributed by atoms with Crippen LogP contribution in [-0.4, -0.2) is 26.8 Å². The maximum absolute atomic E-state index is 12.8. The molecule has 144 valence electrons. The molecule has 0 unspecified atom stereocenters. The average Bonchev–Trinajstić information content (AvgIpc) is 2.66. The molecule has 0 atom stereocenters. The van der Waals surface area contributed by atoms with Crippen molar-refractivity contribution in [2.24, 2.45) is 0 Å². The summed E-state index contributed by atoms with van der Waals surface area (Å²) >= 11 is 0. The number of aryl methyl sites for hydroxylation is 1. The smallest absolute Gasteiger partial charge is 0.269 e. The summed E-state index contributed by atoms with van der Waals surface area (Å²) < 4.78 is 39.1. The van der Waals surface area contributed by atoms with Gasteiger partial charge in [0.1, 0.15) is 5.82 Å². The molecule has 2 rings (SSSR count). The van der Waals surface area contributed by atoms with Crippen molar-refractivity contribution in [1.29, 1.82) is 0 Å². The summed E-state index contributed by atoms with van der Waals surface area (Å²) in [6.07, 6.45) is 0.669. The van der Waals surface area contributed by atoms with Gasteiger partial charge in [0.05, 0.1) is 4.90 Å². The summed E-state index contributed by atoms with van der Waals surface area (Å²) in [5, 5.41) is 0. The van der Waals surface area contributed by atoms with Crippen molar-refractivity contribution in [3.63, 3.8) is 0 Å². The largest absolute Gasteiger partial charge is 0.273 e. The maximum atomic E-state index is 12.8. The third-order valence-electron chi connectivity index (χ3n) is 3.71. The Balaban J connectivity index is 1.77. The number of carbonyl (C=O) groups is 2. The van der Waals surface area contributed by atoms with Crippen LogP contribution in [0.15, 0.2) is 53.4 Å². The second-order valence-electron chi connectivity index (χ2n) is 5.65. The van der Waals surface area contributed by atoms with Gasteiger partial charge in [0.2, 0.25) is 15.9 Å². The molecule has 0 fully saturated rings. The SMILES string of the molecule is CCc1ccc(C(=O)NNC(=O)CCNS(=O)(=O)c2ccc(F)cc2)cc1. The molecule has 0 aliphatic carbocycles. The van der Waals surface area contributed by atoms with Crippen molar-refractivity contribution in [2.75, 3.05) is 6.54 Å². The molecule has 0 bridgehead atoms. The summed E-state index contributed by atoms with van der Waals surface area (Å²) in [6.45, 7) is 1.83. The van der Waals surface area contributed by atoms with E-state index in [0.29, 0.717) is 5.56 Å². The topological polar surface area (TPSA) is 104 Å². The highest BCUT2D eigenvalue weighted by Gasteiger charge is 2.14. The van der Waals surface area contributed by atoms with Crippen LogP contribution in [0.1, 0.15) is 29.3 Å². The molecule has 0 saturated carbocycles. The van der Waals surface area contributed by atoms with Gasteiger partial charge in [-0.1, -0.05) is 19.1 Å². The van der Waals surface area contributed by atoms with Crippen molar-refractivity contribution >= 4 is 21.8 Å². The highest BCUT2D eigenvalue weighted by atomic mass is 32.2. The lowest BCUT2D eigenvalue weighted by Gasteiger charge is -2.09. The number of sulfonamides is 1. The quantitative estimate of drug-likeness (QED) is 0.621. The standard InChI is InChI=1S/C18H20FN3O4S/c1-2-13-3-5-14(6-4-13)18(24)22-21-17(23)11-12-20-27(25,26)16-9-7-15(19)8-10-16/h3-10,20H,2,11-12H2,1H3,(H,21,23)(H,22,24). The van der Waals surface area contributed by atoms with Crippen molar-refractivity contribution in [3.8, 4) is 0 Å². The number of hydrazine groups is 1. The van der Waals surface area contributed by atoms with E-state index in [-0.39, 0.29) is 17.9 Å². The van der Waals surface area contributed by atoms with E-state index in [1.54, 1.807) is 12.1 Å². The number of carbonyl (C=O) groups excluding carboxylic acids is 2. The van der Waals surface area contributed by atoms with E-state index < -0.39 is 27.7 Å². The second kappa shape index (κ2) is 9.24. The summed E-state index contributed by atoms with van der Waals surface area (Å²) in [7, 11) is -3.84. The van der Waals surface area contributed by atoms with E-state index in [0.717, 1.165) is 36.2 Å². The molecule has 0 radical (unpaired) electrons. The number of rotatable bonds is 7. The molecule has 0 saturated heterocycles. The third kappa shape index (κ3) is 6.15. The number of hydrogen-bond donors (Lipinski definition) is 3. The van der Waals surface area contributed by atoms with Crippen LogP contribution < -0.4 is 15.6 Å². The third-order valence-corrected chi connectivity index (χ3v) is 5.18. The minimum absolute atomic E-state index is 0.104. The zero-order chi connectivity index (χ0) is 19.9. The fourth-order valence-electron chi connectivity index (χ4n) is 2.15. The lowest BCUT2D eigenvalue weighted by Crippen LogP contribution is -2.42. The second-order valence-corrected chi connectivity index (χ2v) is 7.42. The highest BCUT2D eigenvalue weighted by Crippen LogP contribution is 2.09. The van der Waals surface area contributed by atoms with Gasteiger partial charge in [-0.2, -0.15) is 0 Å². The molecule has 0 spiro atoms. The minimum Gasteiger partial charge on any atom is -0.273 e. The zero-order valence-corrected chi connectivity index (χ0v) is 15.5. The van der Waals surface area contributed by atoms with Gasteiger partial charge >= 0.3 is 0 Å². The molecular formula is C18H20FN3O4S. The van der Waals surface area contributed by atoms with E-state index in [9.17, 15) is 22.4 Å². The van der Waals surface area contributed by atoms with Crippen molar-refractivity contribution < 1.29 is 22.4 Å². The first-order chi connectivity index (χ1) is 12.8. The first-order valence-corrected chi connectivity index (χ1v) is 9.73. The van der Waals surface area contributed by atoms with E-state index in [1.807, 2.05) is 19.1 Å². The first-order valence-electron chi connectivity index (χ1n) is 8.25. The van der Waals surface area contributed by atoms with Crippen molar-refractivity contribution in [1.82, 2.24) is 15.6 Å². The molecule has 2 aromatic carbocycles. The Morgan fingerprint density at radius 1 is 0.963 bits per heavy atom. The first kappa shape index (κ1) is 20.5. The Bertz CT molecular complexity index is 897. The van der Waals surface area contributed by atoms with Crippen LogP contribution in [0.4, 0.5) is 4.39 Å². The van der Waals surface area contributed by atoms with Gasteiger partial charge in [0.15, 0.2) is 0 Å². The molecule has 0 aromatic heterocycles. The number of amides is 2. The Hall–Kier alpha value is -2.78. The Labute approximate surface area is 157 Å². The van der Waals surface area contributed by atoms with Crippen LogP contribution in [0.5, 0.6) is 0 Å². The molecule has 0 aliphatic heterocycles. The lowest BCUT2D eigenvalue weighted by molar-refractivity contribution is -0.121. The summed E-state index contributed by atoms with van der Waals surface area (Å²) in [4.78, 5) is 23.6. The van der Waals surface area contributed by atoms with Crippen molar-refractivity contribution in [3.05, 3.63) is 65.5 Å². The number of nitrogens with one attached hydrogen (secondary N) is 3.